The summed E-state index contributed by atoms with van der Waals surface area (Å²) in [6.45, 7) is 8.62. The summed E-state index contributed by atoms with van der Waals surface area (Å²) in [6, 6.07) is 18.1. The molecule has 0 unspecified atom stereocenters. The second-order valence-corrected chi connectivity index (χ2v) is 10.9. The summed E-state index contributed by atoms with van der Waals surface area (Å²) in [4.78, 5) is 25.2. The Hall–Kier alpha value is -4.65. The molecule has 232 valence electrons. The molecule has 0 bridgehead atoms. The monoisotopic (exact) mass is 625 g/mol. The van der Waals surface area contributed by atoms with Gasteiger partial charge in [0, 0.05) is 12.1 Å². The second kappa shape index (κ2) is 16.3. The Bertz CT molecular complexity index is 1500. The number of rotatable bonds is 11. The third kappa shape index (κ3) is 11.9. The number of hydrazone groups is 1. The van der Waals surface area contributed by atoms with E-state index in [0.717, 1.165) is 34.5 Å². The summed E-state index contributed by atoms with van der Waals surface area (Å²) >= 11 is 1.26. The molecule has 1 amide bonds. The smallest absolute Gasteiger partial charge is 0.406 e. The van der Waals surface area contributed by atoms with Gasteiger partial charge in [0.15, 0.2) is 5.17 Å². The lowest BCUT2D eigenvalue weighted by atomic mass is 10.1. The van der Waals surface area contributed by atoms with Crippen LogP contribution in [0, 0.1) is 19.8 Å². The number of ether oxygens (including phenoxy) is 1. The molecule has 0 aromatic heterocycles. The quantitative estimate of drug-likeness (QED) is 0.129. The van der Waals surface area contributed by atoms with E-state index in [9.17, 15) is 18.0 Å². The van der Waals surface area contributed by atoms with E-state index in [1.54, 1.807) is 30.5 Å². The highest BCUT2D eigenvalue weighted by Crippen LogP contribution is 2.25. The van der Waals surface area contributed by atoms with Gasteiger partial charge in [0.05, 0.1) is 23.3 Å². The standard InChI is InChI=1S/C31H34F3N7O2S/c1-20(2)16-36-27(42)18-44-30(40-28-21(3)6-5-7-22(28)4)41-39-17-23-8-10-24(11-9-23)29(35)38-19-37-25-12-14-26(15-13-25)43-31(32,33)34/h5-15,17,19-20H,16,18H2,1-4H3,(H,36,42)(H,40,41)(H2,35,37,38)/b39-17-. The van der Waals surface area contributed by atoms with Gasteiger partial charge in [-0.05, 0) is 60.7 Å². The van der Waals surface area contributed by atoms with E-state index in [4.69, 9.17) is 10.7 Å². The summed E-state index contributed by atoms with van der Waals surface area (Å²) in [5.74, 6) is 0.311. The predicted molar refractivity (Wildman–Crippen MR) is 172 cm³/mol. The fourth-order valence-corrected chi connectivity index (χ4v) is 4.19. The Labute approximate surface area is 258 Å². The molecule has 0 atom stereocenters. The number of carbonyl (C=O) groups excluding carboxylic acids is 1. The van der Waals surface area contributed by atoms with E-state index in [0.29, 0.717) is 28.9 Å². The molecule has 3 aromatic rings. The number of nitrogens with one attached hydrogen (secondary N) is 2. The van der Waals surface area contributed by atoms with Crippen LogP contribution < -0.4 is 21.2 Å². The molecule has 0 heterocycles. The van der Waals surface area contributed by atoms with E-state index in [-0.39, 0.29) is 23.2 Å². The Morgan fingerprint density at radius 1 is 1.02 bits per heavy atom. The number of para-hydroxylation sites is 1. The summed E-state index contributed by atoms with van der Waals surface area (Å²) in [5.41, 5.74) is 13.6. The third-order valence-corrected chi connectivity index (χ3v) is 6.62. The molecule has 0 fully saturated rings. The Morgan fingerprint density at radius 3 is 2.30 bits per heavy atom. The number of amides is 1. The minimum absolute atomic E-state index is 0.0861. The lowest BCUT2D eigenvalue weighted by molar-refractivity contribution is -0.274. The number of benzene rings is 3. The van der Waals surface area contributed by atoms with Crippen molar-refractivity contribution in [3.8, 4) is 5.75 Å². The van der Waals surface area contributed by atoms with Crippen LogP contribution in [0.5, 0.6) is 5.75 Å². The number of hydrogen-bond acceptors (Lipinski definition) is 6. The Balaban J connectivity index is 1.63. The molecule has 3 aromatic carbocycles. The van der Waals surface area contributed by atoms with Crippen LogP contribution >= 0.6 is 11.8 Å². The van der Waals surface area contributed by atoms with Gasteiger partial charge in [0.2, 0.25) is 5.91 Å². The first-order chi connectivity index (χ1) is 20.9. The molecule has 44 heavy (non-hydrogen) atoms. The predicted octanol–water partition coefficient (Wildman–Crippen LogP) is 6.38. The summed E-state index contributed by atoms with van der Waals surface area (Å²) in [6.07, 6.45) is -1.93. The van der Waals surface area contributed by atoms with Crippen LogP contribution in [0.25, 0.3) is 0 Å². The van der Waals surface area contributed by atoms with Crippen molar-refractivity contribution in [2.45, 2.75) is 34.1 Å². The van der Waals surface area contributed by atoms with Gasteiger partial charge in [-0.3, -0.25) is 10.2 Å². The lowest BCUT2D eigenvalue weighted by Gasteiger charge is -2.10. The van der Waals surface area contributed by atoms with E-state index in [1.807, 2.05) is 45.9 Å². The molecule has 0 aliphatic carbocycles. The topological polar surface area (TPSA) is 126 Å². The Kier molecular flexibility index (Phi) is 12.5. The number of halogens is 3. The van der Waals surface area contributed by atoms with Crippen LogP contribution in [0.4, 0.5) is 24.5 Å². The normalized spacial score (nSPS) is 12.7. The first-order valence-electron chi connectivity index (χ1n) is 13.5. The minimum Gasteiger partial charge on any atom is -0.406 e. The van der Waals surface area contributed by atoms with Gasteiger partial charge < -0.3 is 15.8 Å². The maximum absolute atomic E-state index is 12.3. The average molecular weight is 626 g/mol. The van der Waals surface area contributed by atoms with Gasteiger partial charge in [-0.15, -0.1) is 13.2 Å². The molecule has 0 saturated heterocycles. The first kappa shape index (κ1) is 33.8. The van der Waals surface area contributed by atoms with Crippen molar-refractivity contribution in [3.63, 3.8) is 0 Å². The summed E-state index contributed by atoms with van der Waals surface area (Å²) in [7, 11) is 0. The maximum Gasteiger partial charge on any atom is 0.573 e. The molecule has 13 heteroatoms. The fraction of sp³-hybridized carbons (Fsp3) is 0.258. The van der Waals surface area contributed by atoms with Crippen molar-refractivity contribution >= 4 is 52.6 Å². The molecule has 0 saturated carbocycles. The number of carbonyl (C=O) groups is 1. The van der Waals surface area contributed by atoms with Crippen molar-refractivity contribution in [2.24, 2.45) is 31.7 Å². The minimum atomic E-state index is -4.76. The number of amidine groups is 2. The SMILES string of the molecule is Cc1cccc(C)c1N=C(N/N=C\c1ccc(C(N)=NC=Nc2ccc(OC(F)(F)F)cc2)cc1)SCC(=O)NCC(C)C. The number of alkyl halides is 3. The number of nitrogens with zero attached hydrogens (tertiary/aromatic N) is 4. The zero-order chi connectivity index (χ0) is 32.1. The molecule has 0 aliphatic rings. The Morgan fingerprint density at radius 2 is 1.68 bits per heavy atom. The third-order valence-electron chi connectivity index (χ3n) is 5.75. The molecular formula is C31H34F3N7O2S. The summed E-state index contributed by atoms with van der Waals surface area (Å²) in [5, 5.41) is 7.70. The van der Waals surface area contributed by atoms with E-state index >= 15 is 0 Å². The second-order valence-electron chi connectivity index (χ2n) is 9.94. The highest BCUT2D eigenvalue weighted by molar-refractivity contribution is 8.14. The van der Waals surface area contributed by atoms with Gasteiger partial charge >= 0.3 is 6.36 Å². The van der Waals surface area contributed by atoms with E-state index < -0.39 is 6.36 Å². The van der Waals surface area contributed by atoms with Gasteiger partial charge in [-0.2, -0.15) is 5.10 Å². The van der Waals surface area contributed by atoms with Crippen LogP contribution in [0.15, 0.2) is 86.8 Å². The number of nitrogens with two attached hydrogens (primary N) is 1. The molecule has 0 radical (unpaired) electrons. The zero-order valence-electron chi connectivity index (χ0n) is 24.7. The zero-order valence-corrected chi connectivity index (χ0v) is 25.5. The number of hydrogen-bond donors (Lipinski definition) is 3. The highest BCUT2D eigenvalue weighted by Gasteiger charge is 2.30. The van der Waals surface area contributed by atoms with E-state index in [1.165, 1.54) is 30.2 Å². The molecule has 0 spiro atoms. The summed E-state index contributed by atoms with van der Waals surface area (Å²) < 4.78 is 40.7. The van der Waals surface area contributed by atoms with Crippen molar-refractivity contribution in [1.82, 2.24) is 10.7 Å². The largest absolute Gasteiger partial charge is 0.573 e. The van der Waals surface area contributed by atoms with Crippen LogP contribution in [0.3, 0.4) is 0 Å². The number of aryl methyl sites for hydroxylation is 2. The van der Waals surface area contributed by atoms with Gasteiger partial charge in [-0.1, -0.05) is 68.1 Å². The van der Waals surface area contributed by atoms with E-state index in [2.05, 4.69) is 30.6 Å². The van der Waals surface area contributed by atoms with Crippen molar-refractivity contribution in [1.29, 1.82) is 0 Å². The lowest BCUT2D eigenvalue weighted by Crippen LogP contribution is -2.30. The number of aliphatic imine (C=N–C) groups is 3. The van der Waals surface area contributed by atoms with Crippen molar-refractivity contribution in [2.75, 3.05) is 12.3 Å². The van der Waals surface area contributed by atoms with Crippen LogP contribution in [0.2, 0.25) is 0 Å². The van der Waals surface area contributed by atoms with Crippen molar-refractivity contribution < 1.29 is 22.7 Å². The molecule has 9 nitrogen and oxygen atoms in total. The van der Waals surface area contributed by atoms with Crippen LogP contribution in [0.1, 0.15) is 36.1 Å². The molecular weight excluding hydrogens is 591 g/mol. The van der Waals surface area contributed by atoms with Gasteiger partial charge in [0.25, 0.3) is 0 Å². The first-order valence-corrected chi connectivity index (χ1v) is 14.5. The average Bonchev–Trinajstić information content (AvgIpc) is 2.96. The highest BCUT2D eigenvalue weighted by atomic mass is 32.2. The van der Waals surface area contributed by atoms with Crippen LogP contribution in [-0.4, -0.2) is 48.1 Å². The van der Waals surface area contributed by atoms with Gasteiger partial charge in [0.1, 0.15) is 17.9 Å². The molecule has 4 N–H and O–H groups in total. The van der Waals surface area contributed by atoms with Crippen LogP contribution in [-0.2, 0) is 4.79 Å². The van der Waals surface area contributed by atoms with Crippen molar-refractivity contribution in [3.05, 3.63) is 89.0 Å². The molecule has 3 rings (SSSR count). The van der Waals surface area contributed by atoms with Gasteiger partial charge in [-0.25, -0.2) is 15.0 Å². The molecule has 0 aliphatic heterocycles. The maximum atomic E-state index is 12.3. The number of thioether (sulfide) groups is 1. The fourth-order valence-electron chi connectivity index (χ4n) is 3.54.